The lowest BCUT2D eigenvalue weighted by molar-refractivity contribution is -0.132. The molecule has 2 N–H and O–H groups in total. The molecule has 0 amide bonds. The topological polar surface area (TPSA) is 90.2 Å². The van der Waals surface area contributed by atoms with E-state index in [0.29, 0.717) is 16.1 Å². The van der Waals surface area contributed by atoms with Crippen molar-refractivity contribution < 1.29 is 14.7 Å². The number of thiophene rings is 1. The molecule has 5 nitrogen and oxygen atoms in total. The van der Waals surface area contributed by atoms with E-state index in [0.717, 1.165) is 22.1 Å². The molecular formula is C18H16N2O3S. The predicted molar refractivity (Wildman–Crippen MR) is 93.4 cm³/mol. The average molecular weight is 340 g/mol. The number of carbonyl (C=O) groups excluding carboxylic acids is 1. The van der Waals surface area contributed by atoms with E-state index in [4.69, 9.17) is 0 Å². The highest BCUT2D eigenvalue weighted by atomic mass is 32.1. The number of aryl methyl sites for hydroxylation is 2. The molecule has 1 aromatic heterocycles. The predicted octanol–water partition coefficient (Wildman–Crippen LogP) is 3.81. The molecule has 2 rings (SSSR count). The molecule has 0 spiro atoms. The molecule has 0 atom stereocenters. The van der Waals surface area contributed by atoms with Crippen LogP contribution < -0.4 is 5.32 Å². The number of carbonyl (C=O) groups is 2. The lowest BCUT2D eigenvalue weighted by atomic mass is 10.1. The molecule has 0 aliphatic heterocycles. The average Bonchev–Trinajstić information content (AvgIpc) is 2.81. The Morgan fingerprint density at radius 2 is 1.83 bits per heavy atom. The maximum Gasteiger partial charge on any atom is 0.352 e. The summed E-state index contributed by atoms with van der Waals surface area (Å²) in [5.41, 5.74) is 2.35. The van der Waals surface area contributed by atoms with Gasteiger partial charge in [-0.3, -0.25) is 4.79 Å². The summed E-state index contributed by atoms with van der Waals surface area (Å²) < 4.78 is 0. The molecule has 6 heteroatoms. The Morgan fingerprint density at radius 1 is 1.21 bits per heavy atom. The van der Waals surface area contributed by atoms with Crippen LogP contribution in [0.15, 0.2) is 36.0 Å². The number of benzene rings is 1. The van der Waals surface area contributed by atoms with E-state index in [2.05, 4.69) is 11.4 Å². The SMILES string of the molecule is Cc1ccc(C(=O)C=C(Nc2sc(C)c(C)c2C#N)C(=O)O)cc1. The van der Waals surface area contributed by atoms with Crippen molar-refractivity contribution in [1.29, 1.82) is 5.26 Å². The maximum absolute atomic E-state index is 12.2. The Balaban J connectivity index is 2.35. The van der Waals surface area contributed by atoms with Crippen LogP contribution in [-0.4, -0.2) is 16.9 Å². The van der Waals surface area contributed by atoms with Crippen molar-refractivity contribution >= 4 is 28.1 Å². The molecule has 0 unspecified atom stereocenters. The summed E-state index contributed by atoms with van der Waals surface area (Å²) in [7, 11) is 0. The number of allylic oxidation sites excluding steroid dienone is 1. The first-order chi connectivity index (χ1) is 11.3. The van der Waals surface area contributed by atoms with Gasteiger partial charge in [-0.05, 0) is 26.3 Å². The molecule has 122 valence electrons. The van der Waals surface area contributed by atoms with E-state index in [-0.39, 0.29) is 5.70 Å². The van der Waals surface area contributed by atoms with E-state index >= 15 is 0 Å². The second-order valence-corrected chi connectivity index (χ2v) is 6.54. The van der Waals surface area contributed by atoms with Crippen molar-refractivity contribution in [2.24, 2.45) is 0 Å². The van der Waals surface area contributed by atoms with Gasteiger partial charge in [-0.25, -0.2) is 4.79 Å². The third-order valence-corrected chi connectivity index (χ3v) is 4.71. The zero-order valence-electron chi connectivity index (χ0n) is 13.5. The molecule has 0 bridgehead atoms. The van der Waals surface area contributed by atoms with Gasteiger partial charge in [-0.15, -0.1) is 11.3 Å². The fourth-order valence-electron chi connectivity index (χ4n) is 2.06. The van der Waals surface area contributed by atoms with Crippen LogP contribution >= 0.6 is 11.3 Å². The minimum absolute atomic E-state index is 0.265. The molecule has 24 heavy (non-hydrogen) atoms. The third-order valence-electron chi connectivity index (χ3n) is 3.59. The van der Waals surface area contributed by atoms with Gasteiger partial charge in [0.05, 0.1) is 5.56 Å². The zero-order chi connectivity index (χ0) is 17.9. The van der Waals surface area contributed by atoms with Crippen LogP contribution in [-0.2, 0) is 4.79 Å². The highest BCUT2D eigenvalue weighted by Crippen LogP contribution is 2.32. The minimum atomic E-state index is -1.26. The maximum atomic E-state index is 12.2. The highest BCUT2D eigenvalue weighted by Gasteiger charge is 2.17. The second-order valence-electron chi connectivity index (χ2n) is 5.32. The van der Waals surface area contributed by atoms with Gasteiger partial charge in [0.1, 0.15) is 16.8 Å². The number of hydrogen-bond donors (Lipinski definition) is 2. The molecular weight excluding hydrogens is 324 g/mol. The van der Waals surface area contributed by atoms with E-state index in [1.54, 1.807) is 31.2 Å². The molecule has 0 saturated carbocycles. The number of hydrogen-bond acceptors (Lipinski definition) is 5. The summed E-state index contributed by atoms with van der Waals surface area (Å²) in [6, 6.07) is 8.93. The monoisotopic (exact) mass is 340 g/mol. The third kappa shape index (κ3) is 3.70. The van der Waals surface area contributed by atoms with Crippen LogP contribution in [0.4, 0.5) is 5.00 Å². The first-order valence-corrected chi connectivity index (χ1v) is 7.98. The van der Waals surface area contributed by atoms with Crippen molar-refractivity contribution in [3.05, 3.63) is 63.2 Å². The first-order valence-electron chi connectivity index (χ1n) is 7.16. The summed E-state index contributed by atoms with van der Waals surface area (Å²) in [5.74, 6) is -1.67. The van der Waals surface area contributed by atoms with Crippen LogP contribution in [0.2, 0.25) is 0 Å². The van der Waals surface area contributed by atoms with Crippen LogP contribution in [0, 0.1) is 32.1 Å². The Bertz CT molecular complexity index is 871. The smallest absolute Gasteiger partial charge is 0.352 e. The van der Waals surface area contributed by atoms with Gasteiger partial charge in [0.2, 0.25) is 0 Å². The van der Waals surface area contributed by atoms with Crippen LogP contribution in [0.25, 0.3) is 0 Å². The van der Waals surface area contributed by atoms with Crippen molar-refractivity contribution in [2.45, 2.75) is 20.8 Å². The standard InChI is InChI=1S/C18H16N2O3S/c1-10-4-6-13(7-5-10)16(21)8-15(18(22)23)20-17-14(9-19)11(2)12(3)24-17/h4-8,20H,1-3H3,(H,22,23). The van der Waals surface area contributed by atoms with Crippen molar-refractivity contribution in [2.75, 3.05) is 5.32 Å². The first kappa shape index (κ1) is 17.4. The van der Waals surface area contributed by atoms with Crippen LogP contribution in [0.5, 0.6) is 0 Å². The lowest BCUT2D eigenvalue weighted by Crippen LogP contribution is -2.13. The van der Waals surface area contributed by atoms with Gasteiger partial charge in [0.25, 0.3) is 0 Å². The van der Waals surface area contributed by atoms with Gasteiger partial charge in [0, 0.05) is 16.5 Å². The largest absolute Gasteiger partial charge is 0.477 e. The Hall–Kier alpha value is -2.91. The van der Waals surface area contributed by atoms with E-state index in [1.165, 1.54) is 11.3 Å². The molecule has 0 saturated heterocycles. The van der Waals surface area contributed by atoms with Gasteiger partial charge >= 0.3 is 5.97 Å². The van der Waals surface area contributed by atoms with Crippen molar-refractivity contribution in [1.82, 2.24) is 0 Å². The Morgan fingerprint density at radius 3 is 2.38 bits per heavy atom. The number of carboxylic acid groups (broad SMARTS) is 1. The van der Waals surface area contributed by atoms with Gasteiger partial charge < -0.3 is 10.4 Å². The van der Waals surface area contributed by atoms with Crippen LogP contribution in [0.1, 0.15) is 31.9 Å². The molecule has 1 heterocycles. The van der Waals surface area contributed by atoms with E-state index < -0.39 is 11.8 Å². The quantitative estimate of drug-likeness (QED) is 0.638. The fourth-order valence-corrected chi connectivity index (χ4v) is 3.08. The summed E-state index contributed by atoms with van der Waals surface area (Å²) >= 11 is 1.29. The molecule has 0 aliphatic carbocycles. The summed E-state index contributed by atoms with van der Waals surface area (Å²) in [5, 5.41) is 21.7. The number of ketones is 1. The fraction of sp³-hybridized carbons (Fsp3) is 0.167. The number of anilines is 1. The zero-order valence-corrected chi connectivity index (χ0v) is 14.3. The number of nitrogens with one attached hydrogen (secondary N) is 1. The second kappa shape index (κ2) is 7.11. The molecule has 1 aromatic carbocycles. The van der Waals surface area contributed by atoms with Gasteiger partial charge in [-0.2, -0.15) is 5.26 Å². The number of aliphatic carboxylic acids is 1. The van der Waals surface area contributed by atoms with Gasteiger partial charge in [0.15, 0.2) is 5.78 Å². The summed E-state index contributed by atoms with van der Waals surface area (Å²) in [6.45, 7) is 5.56. The summed E-state index contributed by atoms with van der Waals surface area (Å²) in [6.07, 6.45) is 1.04. The Labute approximate surface area is 143 Å². The van der Waals surface area contributed by atoms with Crippen molar-refractivity contribution in [3.8, 4) is 6.07 Å². The Kier molecular flexibility index (Phi) is 5.17. The normalized spacial score (nSPS) is 11.0. The number of nitrogens with zero attached hydrogens (tertiary/aromatic N) is 1. The number of nitriles is 1. The van der Waals surface area contributed by atoms with E-state index in [1.807, 2.05) is 13.8 Å². The molecule has 2 aromatic rings. The highest BCUT2D eigenvalue weighted by molar-refractivity contribution is 7.16. The molecule has 0 fully saturated rings. The lowest BCUT2D eigenvalue weighted by Gasteiger charge is -2.05. The molecule has 0 aliphatic rings. The number of carboxylic acids is 1. The van der Waals surface area contributed by atoms with E-state index in [9.17, 15) is 20.0 Å². The van der Waals surface area contributed by atoms with Gasteiger partial charge in [-0.1, -0.05) is 29.8 Å². The number of rotatable bonds is 5. The molecule has 0 radical (unpaired) electrons. The summed E-state index contributed by atoms with van der Waals surface area (Å²) in [4.78, 5) is 24.6. The minimum Gasteiger partial charge on any atom is -0.477 e. The van der Waals surface area contributed by atoms with Crippen LogP contribution in [0.3, 0.4) is 0 Å². The van der Waals surface area contributed by atoms with Crippen molar-refractivity contribution in [3.63, 3.8) is 0 Å².